The highest BCUT2D eigenvalue weighted by Gasteiger charge is 2.50. The molecule has 0 heterocycles. The van der Waals surface area contributed by atoms with Gasteiger partial charge in [-0.25, -0.2) is 0 Å². The lowest BCUT2D eigenvalue weighted by molar-refractivity contribution is -0.149. The lowest BCUT2D eigenvalue weighted by Gasteiger charge is -2.43. The summed E-state index contributed by atoms with van der Waals surface area (Å²) >= 11 is 0. The van der Waals surface area contributed by atoms with Gasteiger partial charge in [0.25, 0.3) is 8.32 Å². The van der Waals surface area contributed by atoms with Crippen LogP contribution in [-0.4, -0.2) is 25.4 Å². The van der Waals surface area contributed by atoms with Gasteiger partial charge in [0.05, 0.1) is 12.5 Å². The topological polar surface area (TPSA) is 72.8 Å². The highest BCUT2D eigenvalue weighted by molar-refractivity contribution is 6.99. The second-order valence-electron chi connectivity index (χ2n) is 10.6. The molecule has 0 amide bonds. The van der Waals surface area contributed by atoms with Gasteiger partial charge in [-0.3, -0.25) is 9.59 Å². The lowest BCUT2D eigenvalue weighted by Crippen LogP contribution is -2.66. The molecule has 1 aliphatic rings. The second-order valence-corrected chi connectivity index (χ2v) is 14.9. The minimum atomic E-state index is -2.81. The predicted molar refractivity (Wildman–Crippen MR) is 152 cm³/mol. The van der Waals surface area contributed by atoms with Crippen molar-refractivity contribution in [2.75, 3.05) is 0 Å². The first kappa shape index (κ1) is 27.3. The van der Waals surface area contributed by atoms with E-state index in [-0.39, 0.29) is 11.6 Å². The zero-order chi connectivity index (χ0) is 27.4. The van der Waals surface area contributed by atoms with Gasteiger partial charge >= 0.3 is 11.9 Å². The van der Waals surface area contributed by atoms with Crippen LogP contribution in [0, 0.1) is 5.92 Å². The quantitative estimate of drug-likeness (QED) is 0.243. The number of aliphatic carboxylic acids is 1. The Kier molecular flexibility index (Phi) is 7.85. The molecule has 0 unspecified atom stereocenters. The average Bonchev–Trinajstić information content (AvgIpc) is 2.89. The van der Waals surface area contributed by atoms with E-state index in [9.17, 15) is 14.7 Å². The van der Waals surface area contributed by atoms with Crippen LogP contribution in [0.5, 0.6) is 0 Å². The van der Waals surface area contributed by atoms with E-state index in [0.717, 1.165) is 11.1 Å². The van der Waals surface area contributed by atoms with Crippen molar-refractivity contribution >= 4 is 30.6 Å². The largest absolute Gasteiger partial charge is 0.481 e. The van der Waals surface area contributed by atoms with Crippen LogP contribution in [-0.2, 0) is 31.0 Å². The van der Waals surface area contributed by atoms with Gasteiger partial charge in [-0.05, 0) is 33.1 Å². The molecule has 0 radical (unpaired) electrons. The SMILES string of the molecule is CC(=O)OC1(c2ccccc2CO[Si](c2ccccc2)(c2ccccc2)C(C)(C)C)C=CC(C(=O)O)C=C1. The first-order valence-corrected chi connectivity index (χ1v) is 14.6. The number of benzene rings is 3. The Labute approximate surface area is 225 Å². The third-order valence-electron chi connectivity index (χ3n) is 7.00. The van der Waals surface area contributed by atoms with Crippen LogP contribution in [0.4, 0.5) is 0 Å². The molecule has 0 spiro atoms. The number of carboxylic acid groups (broad SMARTS) is 1. The molecule has 6 heteroatoms. The standard InChI is InChI=1S/C32H34O5Si/c1-24(33)37-32(21-19-25(20-22-32)30(34)35)29-18-12-11-13-26(29)23-36-38(31(2,3)4,27-14-7-5-8-15-27)28-16-9-6-10-17-28/h5-22,25H,23H2,1-4H3,(H,34,35). The molecule has 0 fully saturated rings. The van der Waals surface area contributed by atoms with E-state index in [2.05, 4.69) is 69.3 Å². The predicted octanol–water partition coefficient (Wildman–Crippen LogP) is 5.35. The molecule has 3 aromatic carbocycles. The van der Waals surface area contributed by atoms with Crippen LogP contribution in [0.1, 0.15) is 38.8 Å². The normalized spacial score (nSPS) is 19.2. The summed E-state index contributed by atoms with van der Waals surface area (Å²) < 4.78 is 13.0. The average molecular weight is 527 g/mol. The highest BCUT2D eigenvalue weighted by Crippen LogP contribution is 2.39. The first-order valence-electron chi connectivity index (χ1n) is 12.7. The van der Waals surface area contributed by atoms with E-state index in [1.165, 1.54) is 17.3 Å². The number of hydrogen-bond donors (Lipinski definition) is 1. The van der Waals surface area contributed by atoms with Crippen LogP contribution < -0.4 is 10.4 Å². The third kappa shape index (κ3) is 5.28. The number of carbonyl (C=O) groups is 2. The van der Waals surface area contributed by atoms with Gasteiger partial charge in [-0.2, -0.15) is 0 Å². The Balaban J connectivity index is 1.81. The van der Waals surface area contributed by atoms with Gasteiger partial charge in [0.15, 0.2) is 5.60 Å². The number of esters is 1. The van der Waals surface area contributed by atoms with Crippen LogP contribution in [0.25, 0.3) is 0 Å². The van der Waals surface area contributed by atoms with Crippen molar-refractivity contribution in [1.82, 2.24) is 0 Å². The Morgan fingerprint density at radius 2 is 1.34 bits per heavy atom. The Bertz CT molecular complexity index is 1290. The van der Waals surface area contributed by atoms with Crippen molar-refractivity contribution in [3.8, 4) is 0 Å². The third-order valence-corrected chi connectivity index (χ3v) is 12.0. The molecule has 0 aromatic heterocycles. The number of carboxylic acids is 1. The van der Waals surface area contributed by atoms with Crippen LogP contribution >= 0.6 is 0 Å². The van der Waals surface area contributed by atoms with Crippen LogP contribution in [0.2, 0.25) is 5.04 Å². The number of hydrogen-bond acceptors (Lipinski definition) is 4. The van der Waals surface area contributed by atoms with Gasteiger partial charge in [0.2, 0.25) is 0 Å². The minimum absolute atomic E-state index is 0.197. The summed E-state index contributed by atoms with van der Waals surface area (Å²) in [5, 5.41) is 11.6. The Morgan fingerprint density at radius 1 is 0.842 bits per heavy atom. The Morgan fingerprint density at radius 3 is 1.82 bits per heavy atom. The van der Waals surface area contributed by atoms with Crippen molar-refractivity contribution < 1.29 is 23.9 Å². The molecule has 0 bridgehead atoms. The number of carbonyl (C=O) groups excluding carboxylic acids is 1. The van der Waals surface area contributed by atoms with Gasteiger partial charge in [-0.1, -0.05) is 118 Å². The maximum atomic E-state index is 12.2. The second kappa shape index (κ2) is 10.9. The van der Waals surface area contributed by atoms with Crippen molar-refractivity contribution in [3.05, 3.63) is 120 Å². The maximum absolute atomic E-state index is 12.2. The summed E-state index contributed by atoms with van der Waals surface area (Å²) in [6.07, 6.45) is 6.44. The van der Waals surface area contributed by atoms with E-state index >= 15 is 0 Å². The summed E-state index contributed by atoms with van der Waals surface area (Å²) in [6.45, 7) is 8.32. The molecule has 1 aliphatic carbocycles. The van der Waals surface area contributed by atoms with Crippen molar-refractivity contribution in [2.24, 2.45) is 5.92 Å². The van der Waals surface area contributed by atoms with Gasteiger partial charge in [0, 0.05) is 12.5 Å². The zero-order valence-corrected chi connectivity index (χ0v) is 23.3. The fraction of sp³-hybridized carbons (Fsp3) is 0.250. The Hall–Kier alpha value is -3.74. The number of ether oxygens (including phenoxy) is 1. The molecule has 0 atom stereocenters. The van der Waals surface area contributed by atoms with Gasteiger partial charge in [-0.15, -0.1) is 0 Å². The van der Waals surface area contributed by atoms with E-state index < -0.39 is 31.8 Å². The molecule has 0 saturated carbocycles. The monoisotopic (exact) mass is 526 g/mol. The zero-order valence-electron chi connectivity index (χ0n) is 22.3. The van der Waals surface area contributed by atoms with E-state index in [4.69, 9.17) is 9.16 Å². The van der Waals surface area contributed by atoms with Crippen LogP contribution in [0.3, 0.4) is 0 Å². The van der Waals surface area contributed by atoms with E-state index in [0.29, 0.717) is 0 Å². The number of rotatable bonds is 8. The summed E-state index contributed by atoms with van der Waals surface area (Å²) in [4.78, 5) is 23.7. The van der Waals surface area contributed by atoms with Crippen molar-refractivity contribution in [3.63, 3.8) is 0 Å². The molecule has 5 nitrogen and oxygen atoms in total. The molecule has 1 N–H and O–H groups in total. The van der Waals surface area contributed by atoms with Crippen molar-refractivity contribution in [1.29, 1.82) is 0 Å². The summed E-state index contributed by atoms with van der Waals surface area (Å²) in [5.74, 6) is -2.20. The molecule has 38 heavy (non-hydrogen) atoms. The molecule has 0 saturated heterocycles. The maximum Gasteiger partial charge on any atom is 0.314 e. The fourth-order valence-corrected chi connectivity index (χ4v) is 9.82. The van der Waals surface area contributed by atoms with E-state index in [1.807, 2.05) is 36.4 Å². The first-order chi connectivity index (χ1) is 18.1. The summed E-state index contributed by atoms with van der Waals surface area (Å²) in [5.41, 5.74) is 0.387. The minimum Gasteiger partial charge on any atom is -0.481 e. The van der Waals surface area contributed by atoms with Crippen molar-refractivity contribution in [2.45, 2.75) is 44.9 Å². The van der Waals surface area contributed by atoms with E-state index in [1.54, 1.807) is 24.3 Å². The molecule has 196 valence electrons. The van der Waals surface area contributed by atoms with Gasteiger partial charge in [0.1, 0.15) is 0 Å². The lowest BCUT2D eigenvalue weighted by atomic mass is 9.84. The fourth-order valence-electron chi connectivity index (χ4n) is 5.29. The highest BCUT2D eigenvalue weighted by atomic mass is 28.4. The van der Waals surface area contributed by atoms with Gasteiger partial charge < -0.3 is 14.3 Å². The van der Waals surface area contributed by atoms with Crippen LogP contribution in [0.15, 0.2) is 109 Å². The molecular weight excluding hydrogens is 492 g/mol. The molecule has 4 rings (SSSR count). The smallest absolute Gasteiger partial charge is 0.314 e. The molecule has 0 aliphatic heterocycles. The molecule has 3 aromatic rings. The summed E-state index contributed by atoms with van der Waals surface area (Å²) in [6, 6.07) is 28.5. The summed E-state index contributed by atoms with van der Waals surface area (Å²) in [7, 11) is -2.81. The molecular formula is C32H34O5Si.